The maximum atomic E-state index is 10.4. The van der Waals surface area contributed by atoms with E-state index >= 15 is 0 Å². The second-order valence-electron chi connectivity index (χ2n) is 1.48. The van der Waals surface area contributed by atoms with Crippen LogP contribution in [0.1, 0.15) is 0 Å². The highest BCUT2D eigenvalue weighted by molar-refractivity contribution is 5.02. The monoisotopic (exact) mass is 127 g/mol. The third-order valence-electron chi connectivity index (χ3n) is 0.839. The van der Waals surface area contributed by atoms with Crippen molar-refractivity contribution in [3.63, 3.8) is 0 Å². The van der Waals surface area contributed by atoms with Crippen LogP contribution < -0.4 is 16.5 Å². The average Bonchev–Trinajstić information content (AvgIpc) is 2.10. The van der Waals surface area contributed by atoms with Crippen LogP contribution in [0.5, 0.6) is 0 Å². The topological polar surface area (TPSA) is 66.2 Å². The van der Waals surface area contributed by atoms with Crippen molar-refractivity contribution >= 4 is 12.8 Å². The van der Waals surface area contributed by atoms with Gasteiger partial charge in [0.05, 0.1) is 0 Å². The van der Waals surface area contributed by atoms with Gasteiger partial charge in [0, 0.05) is 0 Å². The first-order chi connectivity index (χ1) is 4.24. The molecule has 0 saturated carbocycles. The molecule has 0 fully saturated rings. The quantitative estimate of drug-likeness (QED) is 0.454. The standard InChI is InChI=1S/C5H5NO3/c1-3-6-4(2-7)5(8)9-3/h2,6-7H,1H2. The summed E-state index contributed by atoms with van der Waals surface area (Å²) in [6.45, 7) is 3.30. The minimum absolute atomic E-state index is 0.0139. The summed E-state index contributed by atoms with van der Waals surface area (Å²) in [5, 5.41) is 8.30. The van der Waals surface area contributed by atoms with Crippen LogP contribution in [0.4, 0.5) is 0 Å². The molecule has 1 rings (SSSR count). The lowest BCUT2D eigenvalue weighted by Gasteiger charge is -1.62. The third kappa shape index (κ3) is 0.861. The van der Waals surface area contributed by atoms with Crippen molar-refractivity contribution in [1.82, 2.24) is 4.98 Å². The lowest BCUT2D eigenvalue weighted by molar-refractivity contribution is 0.486. The predicted octanol–water partition coefficient (Wildman–Crippen LogP) is -1.33. The molecule has 4 nitrogen and oxygen atoms in total. The van der Waals surface area contributed by atoms with Gasteiger partial charge in [-0.3, -0.25) is 0 Å². The average molecular weight is 127 g/mol. The zero-order chi connectivity index (χ0) is 6.85. The Morgan fingerprint density at radius 3 is 2.67 bits per heavy atom. The van der Waals surface area contributed by atoms with Gasteiger partial charge in [0.15, 0.2) is 10.9 Å². The molecule has 0 aliphatic rings. The third-order valence-corrected chi connectivity index (χ3v) is 0.839. The van der Waals surface area contributed by atoms with Gasteiger partial charge in [-0.15, -0.1) is 0 Å². The molecule has 0 amide bonds. The molecule has 1 aromatic heterocycles. The number of hydrogen-bond donors (Lipinski definition) is 2. The van der Waals surface area contributed by atoms with Gasteiger partial charge in [0.25, 0.3) is 0 Å². The molecule has 0 radical (unpaired) electrons. The molecule has 48 valence electrons. The molecular weight excluding hydrogens is 122 g/mol. The van der Waals surface area contributed by atoms with E-state index in [9.17, 15) is 4.79 Å². The second kappa shape index (κ2) is 1.81. The lowest BCUT2D eigenvalue weighted by Crippen LogP contribution is -2.20. The molecule has 2 N–H and O–H groups in total. The largest absolute Gasteiger partial charge is 0.513 e. The highest BCUT2D eigenvalue weighted by atomic mass is 16.4. The smallest absolute Gasteiger partial charge is 0.364 e. The number of rotatable bonds is 0. The zero-order valence-corrected chi connectivity index (χ0v) is 4.55. The SMILES string of the molecule is C=c1[nH]c(=CO)c(=O)o1. The zero-order valence-electron chi connectivity index (χ0n) is 4.55. The van der Waals surface area contributed by atoms with Gasteiger partial charge in [-0.25, -0.2) is 4.79 Å². The van der Waals surface area contributed by atoms with E-state index in [4.69, 9.17) is 5.11 Å². The van der Waals surface area contributed by atoms with E-state index in [0.29, 0.717) is 6.26 Å². The van der Waals surface area contributed by atoms with E-state index < -0.39 is 5.63 Å². The highest BCUT2D eigenvalue weighted by Crippen LogP contribution is 1.46. The maximum absolute atomic E-state index is 10.4. The molecular formula is C5H5NO3. The van der Waals surface area contributed by atoms with Crippen LogP contribution in [0.3, 0.4) is 0 Å². The number of aromatic amines is 1. The Bertz CT molecular complexity index is 345. The fraction of sp³-hybridized carbons (Fsp3) is 0. The number of nitrogens with one attached hydrogen (secondary N) is 1. The molecule has 1 aromatic rings. The lowest BCUT2D eigenvalue weighted by atomic mass is 10.7. The maximum Gasteiger partial charge on any atom is 0.364 e. The second-order valence-corrected chi connectivity index (χ2v) is 1.48. The van der Waals surface area contributed by atoms with Crippen molar-refractivity contribution in [2.75, 3.05) is 0 Å². The minimum Gasteiger partial charge on any atom is -0.513 e. The van der Waals surface area contributed by atoms with Gasteiger partial charge in [-0.1, -0.05) is 0 Å². The number of aromatic nitrogens is 1. The van der Waals surface area contributed by atoms with Gasteiger partial charge < -0.3 is 14.5 Å². The van der Waals surface area contributed by atoms with Gasteiger partial charge in [-0.05, 0) is 6.58 Å². The molecule has 1 heterocycles. The highest BCUT2D eigenvalue weighted by Gasteiger charge is 1.89. The van der Waals surface area contributed by atoms with E-state index in [2.05, 4.69) is 16.0 Å². The van der Waals surface area contributed by atoms with Crippen LogP contribution in [0.2, 0.25) is 0 Å². The first kappa shape index (κ1) is 5.68. The van der Waals surface area contributed by atoms with Crippen LogP contribution >= 0.6 is 0 Å². The Morgan fingerprint density at radius 1 is 1.78 bits per heavy atom. The molecule has 4 heteroatoms. The van der Waals surface area contributed by atoms with Crippen molar-refractivity contribution in [3.8, 4) is 0 Å². The fourth-order valence-corrected chi connectivity index (χ4v) is 0.479. The normalized spacial score (nSPS) is 12.2. The first-order valence-electron chi connectivity index (χ1n) is 2.26. The van der Waals surface area contributed by atoms with Crippen molar-refractivity contribution < 1.29 is 9.52 Å². The minimum atomic E-state index is -0.609. The van der Waals surface area contributed by atoms with Crippen LogP contribution in [0.15, 0.2) is 9.21 Å². The van der Waals surface area contributed by atoms with Gasteiger partial charge in [-0.2, -0.15) is 0 Å². The summed E-state index contributed by atoms with van der Waals surface area (Å²) in [6.07, 6.45) is 0.639. The van der Waals surface area contributed by atoms with Crippen LogP contribution in [-0.2, 0) is 0 Å². The predicted molar refractivity (Wildman–Crippen MR) is 31.2 cm³/mol. The van der Waals surface area contributed by atoms with E-state index in [1.54, 1.807) is 0 Å². The number of H-pyrrole nitrogens is 1. The summed E-state index contributed by atoms with van der Waals surface area (Å²) in [7, 11) is 0. The summed E-state index contributed by atoms with van der Waals surface area (Å²) in [5.74, 6) is 0. The van der Waals surface area contributed by atoms with Gasteiger partial charge in [0.1, 0.15) is 6.26 Å². The molecule has 9 heavy (non-hydrogen) atoms. The number of oxazole rings is 1. The van der Waals surface area contributed by atoms with E-state index in [1.165, 1.54) is 0 Å². The number of aliphatic hydroxyl groups is 1. The molecule has 0 aliphatic heterocycles. The summed E-state index contributed by atoms with van der Waals surface area (Å²) >= 11 is 0. The fourth-order valence-electron chi connectivity index (χ4n) is 0.479. The Hall–Kier alpha value is -1.45. The molecule has 0 saturated heterocycles. The molecule has 0 atom stereocenters. The van der Waals surface area contributed by atoms with E-state index in [1.807, 2.05) is 0 Å². The Morgan fingerprint density at radius 2 is 2.44 bits per heavy atom. The van der Waals surface area contributed by atoms with E-state index in [-0.39, 0.29) is 10.9 Å². The first-order valence-corrected chi connectivity index (χ1v) is 2.26. The Balaban J connectivity index is 3.72. The summed E-state index contributed by atoms with van der Waals surface area (Å²) in [5.41, 5.74) is -0.470. The van der Waals surface area contributed by atoms with Gasteiger partial charge in [0.2, 0.25) is 0 Å². The van der Waals surface area contributed by atoms with Crippen molar-refractivity contribution in [2.45, 2.75) is 0 Å². The molecule has 0 aromatic carbocycles. The number of hydrogen-bond acceptors (Lipinski definition) is 3. The Labute approximate surface area is 49.8 Å². The van der Waals surface area contributed by atoms with E-state index in [0.717, 1.165) is 0 Å². The number of aliphatic hydroxyl groups excluding tert-OH is 1. The molecule has 0 spiro atoms. The summed E-state index contributed by atoms with van der Waals surface area (Å²) in [4.78, 5) is 12.8. The summed E-state index contributed by atoms with van der Waals surface area (Å²) < 4.78 is 4.39. The van der Waals surface area contributed by atoms with Crippen LogP contribution in [0.25, 0.3) is 12.8 Å². The van der Waals surface area contributed by atoms with Crippen molar-refractivity contribution in [3.05, 3.63) is 21.3 Å². The Kier molecular flexibility index (Phi) is 1.14. The van der Waals surface area contributed by atoms with Crippen LogP contribution in [0, 0.1) is 0 Å². The van der Waals surface area contributed by atoms with Crippen molar-refractivity contribution in [2.24, 2.45) is 0 Å². The molecule has 0 unspecified atom stereocenters. The molecule has 0 aliphatic carbocycles. The summed E-state index contributed by atoms with van der Waals surface area (Å²) in [6, 6.07) is 0. The van der Waals surface area contributed by atoms with Crippen LogP contribution in [-0.4, -0.2) is 10.1 Å². The van der Waals surface area contributed by atoms with Crippen molar-refractivity contribution in [1.29, 1.82) is 0 Å². The molecule has 0 bridgehead atoms. The van der Waals surface area contributed by atoms with Gasteiger partial charge >= 0.3 is 5.63 Å².